The molecule has 0 spiro atoms. The molecule has 0 amide bonds. The molecule has 1 aromatic carbocycles. The van der Waals surface area contributed by atoms with E-state index in [1.54, 1.807) is 0 Å². The zero-order valence-electron chi connectivity index (χ0n) is 15.9. The Bertz CT molecular complexity index is 508. The lowest BCUT2D eigenvalue weighted by Gasteiger charge is -2.36. The minimum absolute atomic E-state index is 0.482. The number of guanidine groups is 1. The fourth-order valence-electron chi connectivity index (χ4n) is 2.82. The minimum atomic E-state index is 0.482. The van der Waals surface area contributed by atoms with Crippen LogP contribution in [0.5, 0.6) is 5.75 Å². The van der Waals surface area contributed by atoms with Gasteiger partial charge in [-0.05, 0) is 39.6 Å². The van der Waals surface area contributed by atoms with Crippen molar-refractivity contribution in [1.29, 1.82) is 0 Å². The molecule has 1 aromatic rings. The smallest absolute Gasteiger partial charge is 0.191 e. The molecule has 0 aromatic heterocycles. The second kappa shape index (κ2) is 10.9. The van der Waals surface area contributed by atoms with Crippen LogP contribution < -0.4 is 15.4 Å². The molecule has 25 heavy (non-hydrogen) atoms. The lowest BCUT2D eigenvalue weighted by Crippen LogP contribution is -2.51. The SMILES string of the molecule is CCNC(=NCC1CN(C)CCN1C)NCCCOc1ccccc1. The van der Waals surface area contributed by atoms with E-state index in [0.29, 0.717) is 12.6 Å². The van der Waals surface area contributed by atoms with E-state index in [9.17, 15) is 0 Å². The van der Waals surface area contributed by atoms with Crippen molar-refractivity contribution in [2.24, 2.45) is 4.99 Å². The van der Waals surface area contributed by atoms with Gasteiger partial charge in [0.25, 0.3) is 0 Å². The summed E-state index contributed by atoms with van der Waals surface area (Å²) in [6.07, 6.45) is 0.936. The molecule has 1 aliphatic rings. The summed E-state index contributed by atoms with van der Waals surface area (Å²) in [6.45, 7) is 8.64. The van der Waals surface area contributed by atoms with E-state index in [1.807, 2.05) is 30.3 Å². The average Bonchev–Trinajstić information content (AvgIpc) is 2.62. The van der Waals surface area contributed by atoms with E-state index < -0.39 is 0 Å². The predicted molar refractivity (Wildman–Crippen MR) is 104 cm³/mol. The fourth-order valence-corrected chi connectivity index (χ4v) is 2.82. The normalized spacial score (nSPS) is 19.6. The number of likely N-dealkylation sites (N-methyl/N-ethyl adjacent to an activating group) is 2. The van der Waals surface area contributed by atoms with Crippen LogP contribution in [0.3, 0.4) is 0 Å². The molecule has 2 N–H and O–H groups in total. The van der Waals surface area contributed by atoms with Crippen molar-refractivity contribution in [1.82, 2.24) is 20.4 Å². The lowest BCUT2D eigenvalue weighted by molar-refractivity contribution is 0.119. The van der Waals surface area contributed by atoms with Crippen molar-refractivity contribution in [3.8, 4) is 5.75 Å². The summed E-state index contributed by atoms with van der Waals surface area (Å²) in [5.74, 6) is 1.82. The summed E-state index contributed by atoms with van der Waals surface area (Å²) in [5, 5.41) is 6.72. The predicted octanol–water partition coefficient (Wildman–Crippen LogP) is 1.26. The van der Waals surface area contributed by atoms with Crippen molar-refractivity contribution in [2.45, 2.75) is 19.4 Å². The maximum atomic E-state index is 5.72. The highest BCUT2D eigenvalue weighted by molar-refractivity contribution is 5.79. The second-order valence-electron chi connectivity index (χ2n) is 6.56. The van der Waals surface area contributed by atoms with E-state index in [2.05, 4.69) is 41.5 Å². The lowest BCUT2D eigenvalue weighted by atomic mass is 10.2. The van der Waals surface area contributed by atoms with Crippen molar-refractivity contribution in [3.63, 3.8) is 0 Å². The number of piperazine rings is 1. The summed E-state index contributed by atoms with van der Waals surface area (Å²) in [4.78, 5) is 9.54. The Kier molecular flexibility index (Phi) is 8.55. The monoisotopic (exact) mass is 347 g/mol. The van der Waals surface area contributed by atoms with Gasteiger partial charge in [0.05, 0.1) is 13.2 Å². The number of nitrogens with zero attached hydrogens (tertiary/aromatic N) is 3. The van der Waals surface area contributed by atoms with Gasteiger partial charge in [0.2, 0.25) is 0 Å². The highest BCUT2D eigenvalue weighted by Crippen LogP contribution is 2.08. The Morgan fingerprint density at radius 1 is 1.20 bits per heavy atom. The van der Waals surface area contributed by atoms with E-state index >= 15 is 0 Å². The molecular weight excluding hydrogens is 314 g/mol. The van der Waals surface area contributed by atoms with E-state index in [-0.39, 0.29) is 0 Å². The highest BCUT2D eigenvalue weighted by atomic mass is 16.5. The summed E-state index contributed by atoms with van der Waals surface area (Å²) in [7, 11) is 4.37. The Morgan fingerprint density at radius 2 is 2.00 bits per heavy atom. The summed E-state index contributed by atoms with van der Waals surface area (Å²) >= 11 is 0. The molecule has 1 fully saturated rings. The van der Waals surface area contributed by atoms with Gasteiger partial charge in [-0.1, -0.05) is 18.2 Å². The Labute approximate surface area is 152 Å². The molecule has 0 aliphatic carbocycles. The molecule has 6 heteroatoms. The first kappa shape index (κ1) is 19.5. The summed E-state index contributed by atoms with van der Waals surface area (Å²) in [6, 6.07) is 10.4. The Morgan fingerprint density at radius 3 is 2.76 bits per heavy atom. The first-order valence-electron chi connectivity index (χ1n) is 9.28. The molecule has 1 unspecified atom stereocenters. The number of hydrogen-bond donors (Lipinski definition) is 2. The quantitative estimate of drug-likeness (QED) is 0.421. The second-order valence-corrected chi connectivity index (χ2v) is 6.56. The van der Waals surface area contributed by atoms with Crippen LogP contribution in [0.4, 0.5) is 0 Å². The summed E-state index contributed by atoms with van der Waals surface area (Å²) < 4.78 is 5.72. The third kappa shape index (κ3) is 7.32. The molecule has 0 bridgehead atoms. The number of aliphatic imine (C=N–C) groups is 1. The van der Waals surface area contributed by atoms with Crippen LogP contribution in [0.2, 0.25) is 0 Å². The van der Waals surface area contributed by atoms with Crippen LogP contribution in [0.1, 0.15) is 13.3 Å². The number of rotatable bonds is 8. The van der Waals surface area contributed by atoms with Gasteiger partial charge in [-0.15, -0.1) is 0 Å². The van der Waals surface area contributed by atoms with Crippen LogP contribution in [0.15, 0.2) is 35.3 Å². The van der Waals surface area contributed by atoms with Crippen LogP contribution in [0, 0.1) is 0 Å². The van der Waals surface area contributed by atoms with Gasteiger partial charge in [-0.2, -0.15) is 0 Å². The number of ether oxygens (including phenoxy) is 1. The van der Waals surface area contributed by atoms with Gasteiger partial charge in [0.15, 0.2) is 5.96 Å². The Balaban J connectivity index is 1.70. The number of nitrogens with one attached hydrogen (secondary N) is 2. The van der Waals surface area contributed by atoms with Gasteiger partial charge >= 0.3 is 0 Å². The fraction of sp³-hybridized carbons (Fsp3) is 0.632. The first-order chi connectivity index (χ1) is 12.2. The zero-order chi connectivity index (χ0) is 17.9. The van der Waals surface area contributed by atoms with Gasteiger partial charge in [-0.3, -0.25) is 9.89 Å². The standard InChI is InChI=1S/C19H33N5O/c1-4-20-19(22-15-17-16-23(2)12-13-24(17)3)21-11-8-14-25-18-9-6-5-7-10-18/h5-7,9-10,17H,4,8,11-16H2,1-3H3,(H2,20,21,22). The molecule has 1 saturated heterocycles. The number of benzene rings is 1. The average molecular weight is 348 g/mol. The maximum absolute atomic E-state index is 5.72. The molecule has 2 rings (SSSR count). The van der Waals surface area contributed by atoms with Crippen molar-refractivity contribution < 1.29 is 4.74 Å². The first-order valence-corrected chi connectivity index (χ1v) is 9.28. The largest absolute Gasteiger partial charge is 0.494 e. The van der Waals surface area contributed by atoms with E-state index in [1.165, 1.54) is 0 Å². The molecule has 1 heterocycles. The molecule has 1 atom stereocenters. The van der Waals surface area contributed by atoms with E-state index in [4.69, 9.17) is 9.73 Å². The molecule has 140 valence electrons. The summed E-state index contributed by atoms with van der Waals surface area (Å²) in [5.41, 5.74) is 0. The zero-order valence-corrected chi connectivity index (χ0v) is 15.9. The van der Waals surface area contributed by atoms with E-state index in [0.717, 1.165) is 57.4 Å². The minimum Gasteiger partial charge on any atom is -0.494 e. The number of hydrogen-bond acceptors (Lipinski definition) is 4. The molecule has 0 saturated carbocycles. The third-order valence-electron chi connectivity index (χ3n) is 4.41. The maximum Gasteiger partial charge on any atom is 0.191 e. The van der Waals surface area contributed by atoms with Gasteiger partial charge in [0, 0.05) is 38.8 Å². The molecule has 0 radical (unpaired) electrons. The highest BCUT2D eigenvalue weighted by Gasteiger charge is 2.21. The molecule has 6 nitrogen and oxygen atoms in total. The number of para-hydroxylation sites is 1. The third-order valence-corrected chi connectivity index (χ3v) is 4.41. The van der Waals surface area contributed by atoms with Crippen LogP contribution in [0.25, 0.3) is 0 Å². The van der Waals surface area contributed by atoms with Gasteiger partial charge in [-0.25, -0.2) is 0 Å². The molecule has 1 aliphatic heterocycles. The van der Waals surface area contributed by atoms with Crippen molar-refractivity contribution >= 4 is 5.96 Å². The van der Waals surface area contributed by atoms with Crippen molar-refractivity contribution in [2.75, 3.05) is 60.0 Å². The van der Waals surface area contributed by atoms with Crippen LogP contribution >= 0.6 is 0 Å². The van der Waals surface area contributed by atoms with Gasteiger partial charge in [0.1, 0.15) is 5.75 Å². The van der Waals surface area contributed by atoms with Crippen molar-refractivity contribution in [3.05, 3.63) is 30.3 Å². The van der Waals surface area contributed by atoms with Crippen LogP contribution in [-0.4, -0.2) is 81.8 Å². The molecular formula is C19H33N5O. The van der Waals surface area contributed by atoms with Gasteiger partial charge < -0.3 is 20.3 Å². The van der Waals surface area contributed by atoms with Crippen LogP contribution in [-0.2, 0) is 0 Å². The Hall–Kier alpha value is -1.79. The topological polar surface area (TPSA) is 52.1 Å².